The van der Waals surface area contributed by atoms with Crippen molar-refractivity contribution in [2.45, 2.75) is 96.3 Å². The Balaban J connectivity index is 0.00000280. The summed E-state index contributed by atoms with van der Waals surface area (Å²) in [6, 6.07) is 4.01. The number of nitrogens with one attached hydrogen (secondary N) is 2. The zero-order valence-electron chi connectivity index (χ0n) is 17.9. The van der Waals surface area contributed by atoms with Crippen molar-refractivity contribution in [3.8, 4) is 0 Å². The van der Waals surface area contributed by atoms with Crippen LogP contribution in [0, 0.1) is 0 Å². The first-order chi connectivity index (χ1) is 13.1. The van der Waals surface area contributed by atoms with Crippen LogP contribution in [-0.2, 0) is 6.54 Å². The van der Waals surface area contributed by atoms with Crippen molar-refractivity contribution in [2.24, 2.45) is 4.99 Å². The largest absolute Gasteiger partial charge is 0.359 e. The van der Waals surface area contributed by atoms with E-state index < -0.39 is 0 Å². The Morgan fingerprint density at radius 1 is 1.25 bits per heavy atom. The smallest absolute Gasteiger partial charge is 0.191 e. The summed E-state index contributed by atoms with van der Waals surface area (Å²) in [4.78, 5) is 7.36. The Morgan fingerprint density at radius 3 is 2.54 bits per heavy atom. The predicted octanol–water partition coefficient (Wildman–Crippen LogP) is 4.27. The van der Waals surface area contributed by atoms with E-state index in [9.17, 15) is 0 Å². The average Bonchev–Trinajstić information content (AvgIpc) is 3.10. The molecule has 1 aromatic rings. The SMILES string of the molecule is CCNC(=NCc1cc(C(CC)CC)no1)NC1CC2CCCC(C1)N2C.I. The second-order valence-electron chi connectivity index (χ2n) is 8.14. The van der Waals surface area contributed by atoms with Gasteiger partial charge in [0.2, 0.25) is 0 Å². The summed E-state index contributed by atoms with van der Waals surface area (Å²) < 4.78 is 5.52. The van der Waals surface area contributed by atoms with Crippen molar-refractivity contribution in [3.05, 3.63) is 17.5 Å². The molecule has 6 nitrogen and oxygen atoms in total. The van der Waals surface area contributed by atoms with E-state index >= 15 is 0 Å². The van der Waals surface area contributed by atoms with Gasteiger partial charge in [-0.05, 0) is 52.5 Å². The number of fused-ring (bicyclic) bond motifs is 2. The van der Waals surface area contributed by atoms with E-state index in [1.165, 1.54) is 32.1 Å². The summed E-state index contributed by atoms with van der Waals surface area (Å²) in [5, 5.41) is 11.3. The van der Waals surface area contributed by atoms with E-state index in [4.69, 9.17) is 9.52 Å². The minimum absolute atomic E-state index is 0. The maximum Gasteiger partial charge on any atom is 0.191 e. The highest BCUT2D eigenvalue weighted by Gasteiger charge is 2.36. The Hall–Kier alpha value is -0.830. The minimum atomic E-state index is 0. The van der Waals surface area contributed by atoms with Gasteiger partial charge in [0.05, 0.1) is 5.69 Å². The number of nitrogens with zero attached hydrogens (tertiary/aromatic N) is 3. The topological polar surface area (TPSA) is 65.7 Å². The summed E-state index contributed by atoms with van der Waals surface area (Å²) >= 11 is 0. The number of hydrogen-bond acceptors (Lipinski definition) is 4. The van der Waals surface area contributed by atoms with Gasteiger partial charge in [-0.25, -0.2) is 4.99 Å². The van der Waals surface area contributed by atoms with Crippen molar-refractivity contribution < 1.29 is 4.52 Å². The lowest BCUT2D eigenvalue weighted by Gasteiger charge is -2.47. The summed E-state index contributed by atoms with van der Waals surface area (Å²) in [5.41, 5.74) is 1.06. The first kappa shape index (κ1) is 23.4. The first-order valence-electron chi connectivity index (χ1n) is 10.9. The van der Waals surface area contributed by atoms with Gasteiger partial charge >= 0.3 is 0 Å². The lowest BCUT2D eigenvalue weighted by Crippen LogP contribution is -2.56. The van der Waals surface area contributed by atoms with Crippen molar-refractivity contribution in [2.75, 3.05) is 13.6 Å². The highest BCUT2D eigenvalue weighted by atomic mass is 127. The molecular formula is C21H38IN5O. The van der Waals surface area contributed by atoms with Crippen LogP contribution in [0.3, 0.4) is 0 Å². The first-order valence-corrected chi connectivity index (χ1v) is 10.9. The van der Waals surface area contributed by atoms with Gasteiger partial charge in [0.15, 0.2) is 11.7 Å². The molecule has 2 fully saturated rings. The number of aliphatic imine (C=N–C) groups is 1. The molecule has 0 radical (unpaired) electrons. The molecule has 0 spiro atoms. The highest BCUT2D eigenvalue weighted by Crippen LogP contribution is 2.32. The van der Waals surface area contributed by atoms with Gasteiger partial charge in [0.1, 0.15) is 6.54 Å². The summed E-state index contributed by atoms with van der Waals surface area (Å²) in [5.74, 6) is 2.22. The van der Waals surface area contributed by atoms with Crippen LogP contribution in [0.5, 0.6) is 0 Å². The molecule has 2 saturated heterocycles. The molecule has 2 unspecified atom stereocenters. The van der Waals surface area contributed by atoms with E-state index in [-0.39, 0.29) is 24.0 Å². The van der Waals surface area contributed by atoms with Crippen LogP contribution in [0.2, 0.25) is 0 Å². The number of guanidine groups is 1. The quantitative estimate of drug-likeness (QED) is 0.331. The average molecular weight is 503 g/mol. The molecule has 2 aliphatic heterocycles. The number of hydrogen-bond donors (Lipinski definition) is 2. The molecule has 2 bridgehead atoms. The molecule has 0 amide bonds. The van der Waals surface area contributed by atoms with E-state index in [1.54, 1.807) is 0 Å². The van der Waals surface area contributed by atoms with Gasteiger partial charge in [-0.3, -0.25) is 0 Å². The second-order valence-corrected chi connectivity index (χ2v) is 8.14. The highest BCUT2D eigenvalue weighted by molar-refractivity contribution is 14.0. The maximum atomic E-state index is 5.52. The lowest BCUT2D eigenvalue weighted by molar-refractivity contribution is 0.0526. The third-order valence-corrected chi connectivity index (χ3v) is 6.40. The molecule has 7 heteroatoms. The molecule has 3 rings (SSSR count). The number of piperidine rings is 2. The number of rotatable bonds is 7. The Kier molecular flexibility index (Phi) is 9.53. The number of halogens is 1. The lowest BCUT2D eigenvalue weighted by atomic mass is 9.82. The molecule has 2 atom stereocenters. The van der Waals surface area contributed by atoms with Crippen LogP contribution < -0.4 is 10.6 Å². The van der Waals surface area contributed by atoms with Gasteiger partial charge in [-0.2, -0.15) is 0 Å². The van der Waals surface area contributed by atoms with Crippen molar-refractivity contribution in [1.29, 1.82) is 0 Å². The van der Waals surface area contributed by atoms with E-state index in [2.05, 4.69) is 54.6 Å². The van der Waals surface area contributed by atoms with Crippen LogP contribution >= 0.6 is 24.0 Å². The number of aromatic nitrogens is 1. The second kappa shape index (κ2) is 11.4. The van der Waals surface area contributed by atoms with E-state index in [0.29, 0.717) is 18.5 Å². The molecule has 0 saturated carbocycles. The maximum absolute atomic E-state index is 5.52. The molecule has 3 heterocycles. The molecular weight excluding hydrogens is 465 g/mol. The normalized spacial score (nSPS) is 25.5. The third-order valence-electron chi connectivity index (χ3n) is 6.40. The van der Waals surface area contributed by atoms with Crippen LogP contribution in [0.15, 0.2) is 15.6 Å². The molecule has 0 aliphatic carbocycles. The van der Waals surface area contributed by atoms with Crippen LogP contribution in [0.4, 0.5) is 0 Å². The van der Waals surface area contributed by atoms with Crippen LogP contribution in [0.25, 0.3) is 0 Å². The predicted molar refractivity (Wildman–Crippen MR) is 125 cm³/mol. The Bertz CT molecular complexity index is 602. The van der Waals surface area contributed by atoms with E-state index in [0.717, 1.165) is 48.9 Å². The van der Waals surface area contributed by atoms with Crippen LogP contribution in [0.1, 0.15) is 83.1 Å². The van der Waals surface area contributed by atoms with Crippen molar-refractivity contribution in [1.82, 2.24) is 20.7 Å². The molecule has 28 heavy (non-hydrogen) atoms. The van der Waals surface area contributed by atoms with Crippen molar-refractivity contribution in [3.63, 3.8) is 0 Å². The monoisotopic (exact) mass is 503 g/mol. The minimum Gasteiger partial charge on any atom is -0.359 e. The molecule has 160 valence electrons. The van der Waals surface area contributed by atoms with Gasteiger partial charge in [0, 0.05) is 36.7 Å². The molecule has 2 N–H and O–H groups in total. The molecule has 1 aromatic heterocycles. The van der Waals surface area contributed by atoms with Gasteiger partial charge in [-0.15, -0.1) is 24.0 Å². The molecule has 2 aliphatic rings. The fourth-order valence-corrected chi connectivity index (χ4v) is 4.71. The van der Waals surface area contributed by atoms with Crippen LogP contribution in [-0.4, -0.2) is 47.7 Å². The fraction of sp³-hybridized carbons (Fsp3) is 0.810. The Labute approximate surface area is 187 Å². The molecule has 0 aromatic carbocycles. The summed E-state index contributed by atoms with van der Waals surface area (Å²) in [6.07, 6.45) is 8.64. The summed E-state index contributed by atoms with van der Waals surface area (Å²) in [7, 11) is 2.30. The van der Waals surface area contributed by atoms with Gasteiger partial charge in [-0.1, -0.05) is 25.4 Å². The van der Waals surface area contributed by atoms with Gasteiger partial charge < -0.3 is 20.1 Å². The fourth-order valence-electron chi connectivity index (χ4n) is 4.71. The standard InChI is InChI=1S/C21H37N5O.HI/c1-5-15(6-2)20-13-19(27-25-20)14-23-21(22-7-3)24-16-11-17-9-8-10-18(12-16)26(17)4;/h13,15-18H,5-12,14H2,1-4H3,(H2,22,23,24);1H. The van der Waals surface area contributed by atoms with Gasteiger partial charge in [0.25, 0.3) is 0 Å². The zero-order valence-corrected chi connectivity index (χ0v) is 20.2. The van der Waals surface area contributed by atoms with Crippen molar-refractivity contribution >= 4 is 29.9 Å². The summed E-state index contributed by atoms with van der Waals surface area (Å²) in [6.45, 7) is 7.90. The Morgan fingerprint density at radius 2 is 1.93 bits per heavy atom. The zero-order chi connectivity index (χ0) is 19.2. The van der Waals surface area contributed by atoms with E-state index in [1.807, 2.05) is 0 Å². The third kappa shape index (κ3) is 5.84.